The van der Waals surface area contributed by atoms with Gasteiger partial charge in [-0.25, -0.2) is 4.98 Å². The van der Waals surface area contributed by atoms with Gasteiger partial charge in [-0.2, -0.15) is 0 Å². The molecular formula is C28H35N7O. The SMILES string of the molecule is CN1CCNCC1.NC(=O)/C(C(N)=NC1CCC1)=C(/N)c1ccc2ccc(-c3ccccc3)nc2c1. The molecule has 2 aromatic carbocycles. The van der Waals surface area contributed by atoms with Crippen LogP contribution in [0.5, 0.6) is 0 Å². The smallest absolute Gasteiger partial charge is 0.254 e. The number of nitrogens with zero attached hydrogens (tertiary/aromatic N) is 3. The Balaban J connectivity index is 0.000000375. The van der Waals surface area contributed by atoms with Gasteiger partial charge in [0.15, 0.2) is 0 Å². The zero-order valence-electron chi connectivity index (χ0n) is 20.8. The second kappa shape index (κ2) is 11.8. The first-order valence-corrected chi connectivity index (χ1v) is 12.4. The third-order valence-corrected chi connectivity index (χ3v) is 6.58. The van der Waals surface area contributed by atoms with E-state index in [4.69, 9.17) is 22.2 Å². The molecule has 1 amide bonds. The van der Waals surface area contributed by atoms with Gasteiger partial charge in [0.1, 0.15) is 11.4 Å². The quantitative estimate of drug-likeness (QED) is 0.249. The predicted molar refractivity (Wildman–Crippen MR) is 147 cm³/mol. The van der Waals surface area contributed by atoms with Crippen molar-refractivity contribution in [1.29, 1.82) is 0 Å². The Bertz CT molecular complexity index is 1260. The van der Waals surface area contributed by atoms with Crippen LogP contribution in [0.25, 0.3) is 27.9 Å². The molecule has 1 saturated carbocycles. The molecule has 8 nitrogen and oxygen atoms in total. The van der Waals surface area contributed by atoms with Gasteiger partial charge in [0, 0.05) is 42.7 Å². The molecule has 3 aromatic rings. The van der Waals surface area contributed by atoms with Crippen LogP contribution in [0.15, 0.2) is 71.2 Å². The van der Waals surface area contributed by atoms with E-state index in [-0.39, 0.29) is 23.1 Å². The van der Waals surface area contributed by atoms with Gasteiger partial charge in [0.2, 0.25) is 0 Å². The molecule has 1 aliphatic heterocycles. The molecular weight excluding hydrogens is 450 g/mol. The van der Waals surface area contributed by atoms with Crippen LogP contribution in [0.3, 0.4) is 0 Å². The van der Waals surface area contributed by atoms with Crippen LogP contribution in [-0.2, 0) is 4.79 Å². The zero-order chi connectivity index (χ0) is 25.5. The van der Waals surface area contributed by atoms with Crippen molar-refractivity contribution < 1.29 is 4.79 Å². The second-order valence-electron chi connectivity index (χ2n) is 9.28. The Labute approximate surface area is 212 Å². The Morgan fingerprint density at radius 3 is 2.28 bits per heavy atom. The number of nitrogens with two attached hydrogens (primary N) is 3. The molecule has 2 heterocycles. The van der Waals surface area contributed by atoms with Crippen molar-refractivity contribution in [3.05, 3.63) is 71.8 Å². The van der Waals surface area contributed by atoms with E-state index in [1.54, 1.807) is 0 Å². The largest absolute Gasteiger partial charge is 0.397 e. The fourth-order valence-electron chi connectivity index (χ4n) is 4.15. The van der Waals surface area contributed by atoms with Gasteiger partial charge in [-0.3, -0.25) is 9.79 Å². The summed E-state index contributed by atoms with van der Waals surface area (Å²) < 4.78 is 0. The van der Waals surface area contributed by atoms with E-state index in [1.807, 2.05) is 60.7 Å². The van der Waals surface area contributed by atoms with Crippen LogP contribution in [0.1, 0.15) is 24.8 Å². The minimum Gasteiger partial charge on any atom is -0.397 e. The first kappa shape index (κ1) is 25.3. The Hall–Kier alpha value is -3.75. The molecule has 1 saturated heterocycles. The minimum absolute atomic E-state index is 0.0652. The van der Waals surface area contributed by atoms with E-state index >= 15 is 0 Å². The third kappa shape index (κ3) is 6.27. The van der Waals surface area contributed by atoms with Gasteiger partial charge in [-0.15, -0.1) is 0 Å². The Morgan fingerprint density at radius 2 is 1.69 bits per heavy atom. The van der Waals surface area contributed by atoms with Crippen molar-refractivity contribution in [3.8, 4) is 11.3 Å². The monoisotopic (exact) mass is 485 g/mol. The van der Waals surface area contributed by atoms with E-state index in [0.29, 0.717) is 5.56 Å². The summed E-state index contributed by atoms with van der Waals surface area (Å²) in [5.41, 5.74) is 21.5. The lowest BCUT2D eigenvalue weighted by Gasteiger charge is -2.22. The van der Waals surface area contributed by atoms with Crippen molar-refractivity contribution in [2.75, 3.05) is 33.2 Å². The summed E-state index contributed by atoms with van der Waals surface area (Å²) in [6.45, 7) is 4.74. The van der Waals surface area contributed by atoms with E-state index in [2.05, 4.69) is 22.3 Å². The second-order valence-corrected chi connectivity index (χ2v) is 9.28. The number of piperazine rings is 1. The lowest BCUT2D eigenvalue weighted by molar-refractivity contribution is -0.114. The molecule has 8 heteroatoms. The highest BCUT2D eigenvalue weighted by Crippen LogP contribution is 2.25. The van der Waals surface area contributed by atoms with Gasteiger partial charge < -0.3 is 27.4 Å². The van der Waals surface area contributed by atoms with Crippen LogP contribution < -0.4 is 22.5 Å². The number of primary amides is 1. The molecule has 0 radical (unpaired) electrons. The third-order valence-electron chi connectivity index (χ3n) is 6.58. The average molecular weight is 486 g/mol. The number of hydrogen-bond acceptors (Lipinski definition) is 6. The van der Waals surface area contributed by atoms with E-state index in [0.717, 1.165) is 54.5 Å². The molecule has 1 aliphatic carbocycles. The number of rotatable bonds is 5. The highest BCUT2D eigenvalue weighted by atomic mass is 16.1. The summed E-state index contributed by atoms with van der Waals surface area (Å²) in [6, 6.07) is 19.7. The first-order valence-electron chi connectivity index (χ1n) is 12.4. The number of pyridine rings is 1. The van der Waals surface area contributed by atoms with Crippen LogP contribution >= 0.6 is 0 Å². The molecule has 0 unspecified atom stereocenters. The van der Waals surface area contributed by atoms with Crippen LogP contribution in [-0.4, -0.2) is 60.9 Å². The molecule has 0 spiro atoms. The van der Waals surface area contributed by atoms with E-state index in [9.17, 15) is 4.79 Å². The molecule has 36 heavy (non-hydrogen) atoms. The molecule has 2 fully saturated rings. The molecule has 2 aliphatic rings. The number of nitrogens with one attached hydrogen (secondary N) is 1. The van der Waals surface area contributed by atoms with Crippen molar-refractivity contribution in [3.63, 3.8) is 0 Å². The van der Waals surface area contributed by atoms with E-state index < -0.39 is 5.91 Å². The fourth-order valence-corrected chi connectivity index (χ4v) is 4.15. The lowest BCUT2D eigenvalue weighted by atomic mass is 9.93. The highest BCUT2D eigenvalue weighted by Gasteiger charge is 2.21. The molecule has 0 bridgehead atoms. The summed E-state index contributed by atoms with van der Waals surface area (Å²) in [6.07, 6.45) is 3.05. The van der Waals surface area contributed by atoms with Gasteiger partial charge in [-0.05, 0) is 38.4 Å². The topological polar surface area (TPSA) is 136 Å². The number of fused-ring (bicyclic) bond motifs is 1. The van der Waals surface area contributed by atoms with Crippen LogP contribution in [0, 0.1) is 0 Å². The summed E-state index contributed by atoms with van der Waals surface area (Å²) in [5, 5.41) is 4.24. The number of hydrogen-bond donors (Lipinski definition) is 4. The van der Waals surface area contributed by atoms with Gasteiger partial charge in [-0.1, -0.05) is 48.5 Å². The normalized spacial score (nSPS) is 17.5. The van der Waals surface area contributed by atoms with Gasteiger partial charge in [0.05, 0.1) is 22.9 Å². The van der Waals surface area contributed by atoms with Crippen molar-refractivity contribution in [1.82, 2.24) is 15.2 Å². The maximum Gasteiger partial charge on any atom is 0.254 e. The summed E-state index contributed by atoms with van der Waals surface area (Å²) in [4.78, 5) is 23.5. The fraction of sp³-hybridized carbons (Fsp3) is 0.321. The molecule has 1 aromatic heterocycles. The molecule has 0 atom stereocenters. The van der Waals surface area contributed by atoms with Crippen LogP contribution in [0.4, 0.5) is 0 Å². The number of likely N-dealkylation sites (N-methyl/N-ethyl adjacent to an activating group) is 1. The number of aliphatic imine (C=N–C) groups is 1. The first-order chi connectivity index (χ1) is 17.4. The standard InChI is InChI=1S/C23H23N5O.C5H12N2/c24-21(20(23(26)29)22(25)27-17-7-4-8-17)16-10-9-15-11-12-18(28-19(15)13-16)14-5-2-1-3-6-14;1-7-4-2-6-3-5-7/h1-3,5-6,9-13,17H,4,7-8,24H2,(H2,25,27)(H2,26,29);6H,2-5H2,1H3/b21-20+;. The van der Waals surface area contributed by atoms with Gasteiger partial charge in [0.25, 0.3) is 5.91 Å². The summed E-state index contributed by atoms with van der Waals surface area (Å²) in [5.74, 6) is -0.583. The maximum absolute atomic E-state index is 12.1. The molecule has 188 valence electrons. The summed E-state index contributed by atoms with van der Waals surface area (Å²) >= 11 is 0. The number of carbonyl (C=O) groups is 1. The Morgan fingerprint density at radius 1 is 1.00 bits per heavy atom. The van der Waals surface area contributed by atoms with Crippen LogP contribution in [0.2, 0.25) is 0 Å². The average Bonchev–Trinajstić information content (AvgIpc) is 2.87. The molecule has 7 N–H and O–H groups in total. The minimum atomic E-state index is -0.686. The highest BCUT2D eigenvalue weighted by molar-refractivity contribution is 6.24. The van der Waals surface area contributed by atoms with Gasteiger partial charge >= 0.3 is 0 Å². The predicted octanol–water partition coefficient (Wildman–Crippen LogP) is 2.49. The number of carbonyl (C=O) groups excluding carboxylic acids is 1. The number of aromatic nitrogens is 1. The van der Waals surface area contributed by atoms with Crippen molar-refractivity contribution >= 4 is 28.3 Å². The maximum atomic E-state index is 12.1. The molecule has 5 rings (SSSR count). The zero-order valence-corrected chi connectivity index (χ0v) is 20.8. The number of amidine groups is 1. The van der Waals surface area contributed by atoms with Crippen molar-refractivity contribution in [2.24, 2.45) is 22.2 Å². The Kier molecular flexibility index (Phi) is 8.30. The lowest BCUT2D eigenvalue weighted by Crippen LogP contribution is -2.40. The van der Waals surface area contributed by atoms with E-state index in [1.165, 1.54) is 13.1 Å². The summed E-state index contributed by atoms with van der Waals surface area (Å²) in [7, 11) is 2.15. The number of benzene rings is 2. The number of amides is 1. The van der Waals surface area contributed by atoms with Crippen molar-refractivity contribution in [2.45, 2.75) is 25.3 Å².